The number of carbonyl (C=O) groups is 2. The summed E-state index contributed by atoms with van der Waals surface area (Å²) in [6.07, 6.45) is 1.78. The first-order valence-electron chi connectivity index (χ1n) is 11.2. The molecule has 0 atom stereocenters. The molecule has 1 aliphatic rings. The van der Waals surface area contributed by atoms with Crippen LogP contribution in [0.4, 0.5) is 5.69 Å². The van der Waals surface area contributed by atoms with Gasteiger partial charge in [0.2, 0.25) is 0 Å². The number of hydrogen-bond acceptors (Lipinski definition) is 6. The molecule has 0 N–H and O–H groups in total. The fourth-order valence-corrected chi connectivity index (χ4v) is 3.61. The summed E-state index contributed by atoms with van der Waals surface area (Å²) in [5.74, 6) is 0.527. The summed E-state index contributed by atoms with van der Waals surface area (Å²) in [6, 6.07) is 22.0. The second-order valence-corrected chi connectivity index (χ2v) is 7.81. The topological polar surface area (TPSA) is 77.4 Å². The van der Waals surface area contributed by atoms with E-state index in [1.807, 2.05) is 48.5 Å². The number of nitrogens with zero attached hydrogens (tertiary/aromatic N) is 2. The molecule has 0 unspecified atom stereocenters. The van der Waals surface area contributed by atoms with Crippen LogP contribution in [0, 0.1) is 0 Å². The Bertz CT molecular complexity index is 1280. The number of esters is 1. The van der Waals surface area contributed by atoms with Crippen LogP contribution in [0.2, 0.25) is 0 Å². The fraction of sp³-hybridized carbons (Fsp3) is 0.179. The van der Waals surface area contributed by atoms with E-state index in [2.05, 4.69) is 5.10 Å². The lowest BCUT2D eigenvalue weighted by Gasteiger charge is -2.13. The number of amides is 1. The Morgan fingerprint density at radius 2 is 1.74 bits per heavy atom. The Morgan fingerprint density at radius 1 is 1.00 bits per heavy atom. The molecule has 1 aliphatic heterocycles. The third-order valence-electron chi connectivity index (χ3n) is 5.42. The van der Waals surface area contributed by atoms with Crippen LogP contribution in [-0.4, -0.2) is 31.3 Å². The molecule has 7 heteroatoms. The van der Waals surface area contributed by atoms with Crippen LogP contribution < -0.4 is 14.5 Å². The van der Waals surface area contributed by atoms with Gasteiger partial charge in [-0.1, -0.05) is 36.4 Å². The molecule has 0 aliphatic carbocycles. The van der Waals surface area contributed by atoms with Crippen molar-refractivity contribution in [2.24, 2.45) is 5.10 Å². The third kappa shape index (κ3) is 5.41. The molecule has 1 amide bonds. The standard InChI is InChI=1S/C28H26N2O5/c1-4-34-28(32)22-11-13-23(14-12-22)30-27(31)24(19(2)29-30)16-21-10-15-25(26(17-21)33-3)35-18-20-8-6-5-7-9-20/h5-17H,4,18H2,1-3H3/b24-16+. The van der Waals surface area contributed by atoms with Gasteiger partial charge in [-0.15, -0.1) is 0 Å². The maximum atomic E-state index is 13.1. The van der Waals surface area contributed by atoms with Gasteiger partial charge < -0.3 is 14.2 Å². The van der Waals surface area contributed by atoms with Crippen LogP contribution in [0.1, 0.15) is 35.3 Å². The summed E-state index contributed by atoms with van der Waals surface area (Å²) in [5, 5.41) is 5.74. The average Bonchev–Trinajstić information content (AvgIpc) is 3.17. The first-order chi connectivity index (χ1) is 17.0. The first kappa shape index (κ1) is 23.8. The molecule has 178 valence electrons. The first-order valence-corrected chi connectivity index (χ1v) is 11.2. The SMILES string of the molecule is CCOC(=O)c1ccc(N2N=C(C)/C(=C\c3ccc(OCc4ccccc4)c(OC)c3)C2=O)cc1. The van der Waals surface area contributed by atoms with Crippen molar-refractivity contribution in [1.82, 2.24) is 0 Å². The molecule has 35 heavy (non-hydrogen) atoms. The number of methoxy groups -OCH3 is 1. The highest BCUT2D eigenvalue weighted by atomic mass is 16.5. The molecule has 3 aromatic carbocycles. The van der Waals surface area contributed by atoms with Crippen molar-refractivity contribution in [3.8, 4) is 11.5 Å². The van der Waals surface area contributed by atoms with E-state index < -0.39 is 5.97 Å². The predicted octanol–water partition coefficient (Wildman–Crippen LogP) is 5.26. The second-order valence-electron chi connectivity index (χ2n) is 7.81. The number of rotatable bonds is 8. The van der Waals surface area contributed by atoms with Gasteiger partial charge in [0, 0.05) is 0 Å². The van der Waals surface area contributed by atoms with E-state index in [0.29, 0.717) is 47.2 Å². The van der Waals surface area contributed by atoms with Crippen LogP contribution in [0.15, 0.2) is 83.5 Å². The van der Waals surface area contributed by atoms with Crippen molar-refractivity contribution >= 4 is 29.4 Å². The lowest BCUT2D eigenvalue weighted by atomic mass is 10.1. The molecule has 4 rings (SSSR count). The largest absolute Gasteiger partial charge is 0.493 e. The van der Waals surface area contributed by atoms with Crippen molar-refractivity contribution in [1.29, 1.82) is 0 Å². The Hall–Kier alpha value is -4.39. The Morgan fingerprint density at radius 3 is 2.43 bits per heavy atom. The molecule has 0 saturated carbocycles. The number of carbonyl (C=O) groups excluding carboxylic acids is 2. The van der Waals surface area contributed by atoms with Crippen LogP contribution in [0.5, 0.6) is 11.5 Å². The summed E-state index contributed by atoms with van der Waals surface area (Å²) in [6.45, 7) is 4.26. The Kier molecular flexibility index (Phi) is 7.26. The molecule has 3 aromatic rings. The molecule has 0 spiro atoms. The summed E-state index contributed by atoms with van der Waals surface area (Å²) in [5.41, 5.74) is 3.88. The molecule has 0 saturated heterocycles. The van der Waals surface area contributed by atoms with E-state index in [1.54, 1.807) is 51.3 Å². The second kappa shape index (κ2) is 10.7. The highest BCUT2D eigenvalue weighted by molar-refractivity contribution is 6.32. The van der Waals surface area contributed by atoms with Crippen LogP contribution in [0.3, 0.4) is 0 Å². The summed E-state index contributed by atoms with van der Waals surface area (Å²) < 4.78 is 16.4. The molecule has 0 radical (unpaired) electrons. The van der Waals surface area contributed by atoms with Gasteiger partial charge in [0.05, 0.1) is 36.3 Å². The number of anilines is 1. The monoisotopic (exact) mass is 470 g/mol. The van der Waals surface area contributed by atoms with Crippen molar-refractivity contribution in [3.63, 3.8) is 0 Å². The highest BCUT2D eigenvalue weighted by Crippen LogP contribution is 2.31. The van der Waals surface area contributed by atoms with Crippen LogP contribution in [-0.2, 0) is 16.1 Å². The maximum absolute atomic E-state index is 13.1. The van der Waals surface area contributed by atoms with Crippen LogP contribution >= 0.6 is 0 Å². The summed E-state index contributed by atoms with van der Waals surface area (Å²) in [4.78, 5) is 25.0. The molecule has 0 aromatic heterocycles. The zero-order valence-corrected chi connectivity index (χ0v) is 19.9. The molecule has 0 fully saturated rings. The smallest absolute Gasteiger partial charge is 0.338 e. The quantitative estimate of drug-likeness (QED) is 0.332. The normalized spacial score (nSPS) is 14.1. The van der Waals surface area contributed by atoms with Gasteiger partial charge >= 0.3 is 5.97 Å². The Balaban J connectivity index is 1.51. The van der Waals surface area contributed by atoms with E-state index in [1.165, 1.54) is 5.01 Å². The minimum atomic E-state index is -0.405. The molecule has 1 heterocycles. The van der Waals surface area contributed by atoms with Gasteiger partial charge in [0.1, 0.15) is 6.61 Å². The van der Waals surface area contributed by atoms with Crippen molar-refractivity contribution in [3.05, 3.63) is 95.1 Å². The average molecular weight is 471 g/mol. The van der Waals surface area contributed by atoms with Gasteiger partial charge in [-0.2, -0.15) is 10.1 Å². The summed E-state index contributed by atoms with van der Waals surface area (Å²) in [7, 11) is 1.58. The van der Waals surface area contributed by atoms with Gasteiger partial charge in [-0.05, 0) is 67.4 Å². The Labute approximate surface area is 204 Å². The molecular formula is C28H26N2O5. The van der Waals surface area contributed by atoms with E-state index in [4.69, 9.17) is 14.2 Å². The number of hydrogen-bond donors (Lipinski definition) is 0. The van der Waals surface area contributed by atoms with Crippen LogP contribution in [0.25, 0.3) is 6.08 Å². The zero-order chi connectivity index (χ0) is 24.8. The summed E-state index contributed by atoms with van der Waals surface area (Å²) >= 11 is 0. The van der Waals surface area contributed by atoms with Crippen molar-refractivity contribution in [2.75, 3.05) is 18.7 Å². The number of hydrazone groups is 1. The highest BCUT2D eigenvalue weighted by Gasteiger charge is 2.29. The van der Waals surface area contributed by atoms with E-state index >= 15 is 0 Å². The predicted molar refractivity (Wildman–Crippen MR) is 135 cm³/mol. The van der Waals surface area contributed by atoms with Gasteiger partial charge in [0.25, 0.3) is 5.91 Å². The van der Waals surface area contributed by atoms with E-state index in [-0.39, 0.29) is 5.91 Å². The fourth-order valence-electron chi connectivity index (χ4n) is 3.61. The maximum Gasteiger partial charge on any atom is 0.338 e. The van der Waals surface area contributed by atoms with E-state index in [9.17, 15) is 9.59 Å². The molecule has 7 nitrogen and oxygen atoms in total. The van der Waals surface area contributed by atoms with Gasteiger partial charge in [0.15, 0.2) is 11.5 Å². The lowest BCUT2D eigenvalue weighted by Crippen LogP contribution is -2.21. The van der Waals surface area contributed by atoms with Crippen molar-refractivity contribution < 1.29 is 23.8 Å². The number of benzene rings is 3. The van der Waals surface area contributed by atoms with Gasteiger partial charge in [-0.3, -0.25) is 4.79 Å². The minimum absolute atomic E-state index is 0.255. The minimum Gasteiger partial charge on any atom is -0.493 e. The number of ether oxygens (including phenoxy) is 3. The lowest BCUT2D eigenvalue weighted by molar-refractivity contribution is -0.114. The molecular weight excluding hydrogens is 444 g/mol. The van der Waals surface area contributed by atoms with Gasteiger partial charge in [-0.25, -0.2) is 4.79 Å². The zero-order valence-electron chi connectivity index (χ0n) is 19.9. The molecule has 0 bridgehead atoms. The third-order valence-corrected chi connectivity index (χ3v) is 5.42. The van der Waals surface area contributed by atoms with Crippen molar-refractivity contribution in [2.45, 2.75) is 20.5 Å². The van der Waals surface area contributed by atoms with E-state index in [0.717, 1.165) is 11.1 Å².